The van der Waals surface area contributed by atoms with Gasteiger partial charge in [-0.3, -0.25) is 14.5 Å². The van der Waals surface area contributed by atoms with Gasteiger partial charge in [0.2, 0.25) is 0 Å². The lowest BCUT2D eigenvalue weighted by atomic mass is 10.1. The molecular weight excluding hydrogens is 545 g/mol. The van der Waals surface area contributed by atoms with Crippen LogP contribution in [0.4, 0.5) is 14.9 Å². The first-order chi connectivity index (χ1) is 17.7. The van der Waals surface area contributed by atoms with Gasteiger partial charge in [-0.05, 0) is 60.5 Å². The molecule has 4 amide bonds. The smallest absolute Gasteiger partial charge is 0.329 e. The highest BCUT2D eigenvalue weighted by Gasteiger charge is 2.33. The number of ether oxygens (including phenoxy) is 2. The molecule has 0 unspecified atom stereocenters. The Morgan fingerprint density at radius 3 is 2.46 bits per heavy atom. The molecule has 3 aromatic rings. The number of anilines is 1. The summed E-state index contributed by atoms with van der Waals surface area (Å²) in [5, 5.41) is 5.22. The first kappa shape index (κ1) is 25.9. The molecule has 3 aromatic carbocycles. The third-order valence-electron chi connectivity index (χ3n) is 5.49. The van der Waals surface area contributed by atoms with Crippen molar-refractivity contribution in [2.24, 2.45) is 0 Å². The van der Waals surface area contributed by atoms with E-state index < -0.39 is 23.7 Å². The van der Waals surface area contributed by atoms with Gasteiger partial charge in [-0.2, -0.15) is 0 Å². The van der Waals surface area contributed by atoms with Gasteiger partial charge < -0.3 is 20.1 Å². The summed E-state index contributed by atoms with van der Waals surface area (Å²) < 4.78 is 24.6. The van der Waals surface area contributed by atoms with Crippen molar-refractivity contribution in [1.82, 2.24) is 10.2 Å². The van der Waals surface area contributed by atoms with E-state index in [0.29, 0.717) is 21.5 Å². The lowest BCUT2D eigenvalue weighted by molar-refractivity contribution is -0.123. The maximum atomic E-state index is 13.0. The fraction of sp³-hybridized carbons (Fsp3) is 0.148. The van der Waals surface area contributed by atoms with Gasteiger partial charge in [-0.15, -0.1) is 0 Å². The number of nitrogens with zero attached hydrogens (tertiary/aromatic N) is 1. The number of imide groups is 1. The second-order valence-electron chi connectivity index (χ2n) is 8.23. The molecule has 10 heteroatoms. The van der Waals surface area contributed by atoms with Gasteiger partial charge in [0.15, 0.2) is 18.1 Å². The van der Waals surface area contributed by atoms with Crippen LogP contribution in [0.3, 0.4) is 0 Å². The molecule has 0 radical (unpaired) electrons. The summed E-state index contributed by atoms with van der Waals surface area (Å²) in [5.74, 6) is -0.693. The number of amides is 4. The maximum Gasteiger partial charge on any atom is 0.329 e. The summed E-state index contributed by atoms with van der Waals surface area (Å²) in [4.78, 5) is 38.7. The molecule has 0 spiro atoms. The van der Waals surface area contributed by atoms with Gasteiger partial charge in [-0.25, -0.2) is 9.18 Å². The highest BCUT2D eigenvalue weighted by Crippen LogP contribution is 2.35. The monoisotopic (exact) mass is 567 g/mol. The van der Waals surface area contributed by atoms with E-state index in [2.05, 4.69) is 26.6 Å². The zero-order valence-electron chi connectivity index (χ0n) is 20.0. The molecule has 0 saturated carbocycles. The standard InChI is InChI=1S/C27H23BrFN3O5/c1-16-3-5-17(6-4-16)14-32-26(34)22(31-27(32)35)11-18-12-23(36-2)24(13-21(18)28)37-15-25(33)30-20-9-7-19(29)8-10-20/h3-13H,14-15H2,1-2H3,(H,30,33)(H,31,35)/b22-11+. The number of methoxy groups -OCH3 is 1. The molecule has 1 fully saturated rings. The molecule has 190 valence electrons. The van der Waals surface area contributed by atoms with Crippen LogP contribution in [0.2, 0.25) is 0 Å². The Morgan fingerprint density at radius 1 is 1.08 bits per heavy atom. The number of halogens is 2. The summed E-state index contributed by atoms with van der Waals surface area (Å²) in [6.45, 7) is 1.80. The van der Waals surface area contributed by atoms with E-state index in [1.807, 2.05) is 31.2 Å². The zero-order chi connectivity index (χ0) is 26.5. The minimum atomic E-state index is -0.507. The van der Waals surface area contributed by atoms with Crippen LogP contribution in [0.1, 0.15) is 16.7 Å². The van der Waals surface area contributed by atoms with E-state index in [1.165, 1.54) is 37.5 Å². The van der Waals surface area contributed by atoms with E-state index in [0.717, 1.165) is 16.0 Å². The van der Waals surface area contributed by atoms with Gasteiger partial charge >= 0.3 is 6.03 Å². The van der Waals surface area contributed by atoms with Crippen molar-refractivity contribution in [3.05, 3.63) is 93.3 Å². The van der Waals surface area contributed by atoms with Crippen LogP contribution in [0.25, 0.3) is 6.08 Å². The van der Waals surface area contributed by atoms with Gasteiger partial charge in [0.05, 0.1) is 13.7 Å². The Kier molecular flexibility index (Phi) is 7.88. The highest BCUT2D eigenvalue weighted by atomic mass is 79.9. The number of aryl methyl sites for hydroxylation is 1. The number of hydrogen-bond acceptors (Lipinski definition) is 5. The average Bonchev–Trinajstić information content (AvgIpc) is 3.14. The van der Waals surface area contributed by atoms with E-state index in [-0.39, 0.29) is 24.6 Å². The molecule has 4 rings (SSSR count). The van der Waals surface area contributed by atoms with Gasteiger partial charge in [0.1, 0.15) is 11.5 Å². The molecule has 1 saturated heterocycles. The van der Waals surface area contributed by atoms with E-state index >= 15 is 0 Å². The molecule has 0 bridgehead atoms. The van der Waals surface area contributed by atoms with Crippen LogP contribution in [0.5, 0.6) is 11.5 Å². The van der Waals surface area contributed by atoms with Gasteiger partial charge in [0.25, 0.3) is 11.8 Å². The second kappa shape index (κ2) is 11.3. The number of rotatable bonds is 8. The van der Waals surface area contributed by atoms with Crippen molar-refractivity contribution in [2.45, 2.75) is 13.5 Å². The van der Waals surface area contributed by atoms with Crippen molar-refractivity contribution in [1.29, 1.82) is 0 Å². The molecule has 1 aliphatic heterocycles. The molecule has 0 aliphatic carbocycles. The highest BCUT2D eigenvalue weighted by molar-refractivity contribution is 9.10. The molecular formula is C27H23BrFN3O5. The lowest BCUT2D eigenvalue weighted by Gasteiger charge is -2.13. The fourth-order valence-electron chi connectivity index (χ4n) is 3.55. The SMILES string of the molecule is COc1cc(/C=C2/NC(=O)N(Cc3ccc(C)cc3)C2=O)c(Br)cc1OCC(=O)Nc1ccc(F)cc1. The Morgan fingerprint density at radius 2 is 1.78 bits per heavy atom. The minimum absolute atomic E-state index is 0.118. The summed E-state index contributed by atoms with van der Waals surface area (Å²) in [5.41, 5.74) is 3.03. The topological polar surface area (TPSA) is 97.0 Å². The molecule has 1 heterocycles. The van der Waals surface area contributed by atoms with Crippen LogP contribution >= 0.6 is 15.9 Å². The summed E-state index contributed by atoms with van der Waals surface area (Å²) in [7, 11) is 1.44. The summed E-state index contributed by atoms with van der Waals surface area (Å²) in [6.07, 6.45) is 1.53. The molecule has 37 heavy (non-hydrogen) atoms. The quantitative estimate of drug-likeness (QED) is 0.294. The number of carbonyl (C=O) groups is 3. The van der Waals surface area contributed by atoms with Gasteiger partial charge in [0, 0.05) is 10.2 Å². The van der Waals surface area contributed by atoms with E-state index in [9.17, 15) is 18.8 Å². The Labute approximate surface area is 221 Å². The first-order valence-electron chi connectivity index (χ1n) is 11.2. The second-order valence-corrected chi connectivity index (χ2v) is 9.09. The number of carbonyl (C=O) groups excluding carboxylic acids is 3. The number of nitrogens with one attached hydrogen (secondary N) is 2. The van der Waals surface area contributed by atoms with Crippen LogP contribution in [-0.4, -0.2) is 36.5 Å². The van der Waals surface area contributed by atoms with Crippen molar-refractivity contribution in [3.63, 3.8) is 0 Å². The number of urea groups is 1. The normalized spacial score (nSPS) is 14.1. The predicted octanol–water partition coefficient (Wildman–Crippen LogP) is 5.02. The zero-order valence-corrected chi connectivity index (χ0v) is 21.6. The Balaban J connectivity index is 1.46. The largest absolute Gasteiger partial charge is 0.493 e. The third kappa shape index (κ3) is 6.34. The molecule has 2 N–H and O–H groups in total. The molecule has 0 aromatic heterocycles. The number of benzene rings is 3. The van der Waals surface area contributed by atoms with E-state index in [4.69, 9.17) is 9.47 Å². The summed E-state index contributed by atoms with van der Waals surface area (Å²) in [6, 6.07) is 15.7. The van der Waals surface area contributed by atoms with Crippen LogP contribution < -0.4 is 20.1 Å². The van der Waals surface area contributed by atoms with Crippen LogP contribution in [0.15, 0.2) is 70.8 Å². The molecule has 0 atom stereocenters. The predicted molar refractivity (Wildman–Crippen MR) is 139 cm³/mol. The van der Waals surface area contributed by atoms with Crippen molar-refractivity contribution in [3.8, 4) is 11.5 Å². The lowest BCUT2D eigenvalue weighted by Crippen LogP contribution is -2.30. The molecule has 1 aliphatic rings. The third-order valence-corrected chi connectivity index (χ3v) is 6.18. The first-order valence-corrected chi connectivity index (χ1v) is 12.0. The maximum absolute atomic E-state index is 13.0. The van der Waals surface area contributed by atoms with Gasteiger partial charge in [-0.1, -0.05) is 45.8 Å². The van der Waals surface area contributed by atoms with Crippen molar-refractivity contribution in [2.75, 3.05) is 19.0 Å². The molecule has 8 nitrogen and oxygen atoms in total. The Hall–Kier alpha value is -4.18. The Bertz CT molecular complexity index is 1370. The summed E-state index contributed by atoms with van der Waals surface area (Å²) >= 11 is 3.44. The van der Waals surface area contributed by atoms with E-state index in [1.54, 1.807) is 12.1 Å². The fourth-order valence-corrected chi connectivity index (χ4v) is 3.99. The minimum Gasteiger partial charge on any atom is -0.493 e. The average molecular weight is 568 g/mol. The van der Waals surface area contributed by atoms with Crippen molar-refractivity contribution < 1.29 is 28.2 Å². The number of hydrogen-bond donors (Lipinski definition) is 2. The van der Waals surface area contributed by atoms with Crippen LogP contribution in [-0.2, 0) is 16.1 Å². The van der Waals surface area contributed by atoms with Crippen LogP contribution in [0, 0.1) is 12.7 Å². The van der Waals surface area contributed by atoms with Crippen molar-refractivity contribution >= 4 is 45.5 Å².